The van der Waals surface area contributed by atoms with Crippen LogP contribution in [0.3, 0.4) is 0 Å². The number of sulfonamides is 1. The van der Waals surface area contributed by atoms with E-state index in [0.29, 0.717) is 24.4 Å². The average molecular weight is 467 g/mol. The molecule has 0 heterocycles. The average Bonchev–Trinajstić information content (AvgIpc) is 2.75. The van der Waals surface area contributed by atoms with Gasteiger partial charge in [0.05, 0.1) is 25.0 Å². The summed E-state index contributed by atoms with van der Waals surface area (Å²) in [4.78, 5) is 12.5. The molecular weight excluding hydrogens is 436 g/mol. The zero-order valence-electron chi connectivity index (χ0n) is 19.5. The van der Waals surface area contributed by atoms with Crippen molar-refractivity contribution in [3.05, 3.63) is 94.5 Å². The summed E-state index contributed by atoms with van der Waals surface area (Å²) in [6, 6.07) is 20.3. The van der Waals surface area contributed by atoms with Gasteiger partial charge in [0.25, 0.3) is 5.91 Å². The van der Waals surface area contributed by atoms with Gasteiger partial charge in [0.1, 0.15) is 12.4 Å². The first-order valence-corrected chi connectivity index (χ1v) is 12.6. The van der Waals surface area contributed by atoms with Crippen LogP contribution in [0.1, 0.15) is 32.6 Å². The molecule has 174 valence electrons. The van der Waals surface area contributed by atoms with E-state index in [1.165, 1.54) is 10.6 Å². The van der Waals surface area contributed by atoms with Gasteiger partial charge in [0, 0.05) is 5.56 Å². The topological polar surface area (TPSA) is 75.7 Å². The molecule has 0 aliphatic carbocycles. The first-order chi connectivity index (χ1) is 15.6. The Bertz CT molecular complexity index is 1180. The Hall–Kier alpha value is -3.32. The molecule has 0 saturated carbocycles. The standard InChI is InChI=1S/C26H30N2O4S/c1-19-5-7-22(8-6-19)18-28(33(4,30)31)24-11-9-23(10-12-24)26(29)27-13-14-32-25-16-20(2)15-21(3)17-25/h5-12,15-17H,13-14,18H2,1-4H3,(H,27,29). The predicted octanol–water partition coefficient (Wildman–Crippen LogP) is 4.39. The minimum atomic E-state index is -3.49. The second-order valence-corrected chi connectivity index (χ2v) is 10.1. The van der Waals surface area contributed by atoms with Crippen LogP contribution in [0.2, 0.25) is 0 Å². The van der Waals surface area contributed by atoms with Gasteiger partial charge in [-0.05, 0) is 73.9 Å². The highest BCUT2D eigenvalue weighted by molar-refractivity contribution is 7.92. The SMILES string of the molecule is Cc1ccc(CN(c2ccc(C(=O)NCCOc3cc(C)cc(C)c3)cc2)S(C)(=O)=O)cc1. The second-order valence-electron chi connectivity index (χ2n) is 8.23. The lowest BCUT2D eigenvalue weighted by Crippen LogP contribution is -2.30. The molecule has 7 heteroatoms. The molecule has 1 N–H and O–H groups in total. The maximum Gasteiger partial charge on any atom is 0.251 e. The molecule has 33 heavy (non-hydrogen) atoms. The molecule has 0 atom stereocenters. The third-order valence-corrected chi connectivity index (χ3v) is 6.26. The number of carbonyl (C=O) groups is 1. The molecule has 0 aliphatic rings. The van der Waals surface area contributed by atoms with Crippen LogP contribution in [-0.2, 0) is 16.6 Å². The molecule has 0 saturated heterocycles. The molecule has 3 aromatic rings. The summed E-state index contributed by atoms with van der Waals surface area (Å²) >= 11 is 0. The van der Waals surface area contributed by atoms with Crippen molar-refractivity contribution in [1.82, 2.24) is 5.32 Å². The number of aryl methyl sites for hydroxylation is 3. The minimum absolute atomic E-state index is 0.223. The van der Waals surface area contributed by atoms with Gasteiger partial charge >= 0.3 is 0 Å². The van der Waals surface area contributed by atoms with E-state index in [1.807, 2.05) is 57.2 Å². The van der Waals surface area contributed by atoms with Crippen molar-refractivity contribution < 1.29 is 17.9 Å². The van der Waals surface area contributed by atoms with Gasteiger partial charge in [-0.25, -0.2) is 8.42 Å². The molecule has 1 amide bonds. The Morgan fingerprint density at radius 2 is 1.48 bits per heavy atom. The summed E-state index contributed by atoms with van der Waals surface area (Å²) in [6.07, 6.45) is 1.18. The van der Waals surface area contributed by atoms with Gasteiger partial charge in [-0.2, -0.15) is 0 Å². The number of nitrogens with zero attached hydrogens (tertiary/aromatic N) is 1. The number of hydrogen-bond donors (Lipinski definition) is 1. The molecule has 0 aliphatic heterocycles. The van der Waals surface area contributed by atoms with Crippen LogP contribution < -0.4 is 14.4 Å². The first-order valence-electron chi connectivity index (χ1n) is 10.7. The lowest BCUT2D eigenvalue weighted by Gasteiger charge is -2.23. The van der Waals surface area contributed by atoms with Crippen molar-refractivity contribution in [2.45, 2.75) is 27.3 Å². The van der Waals surface area contributed by atoms with Crippen molar-refractivity contribution in [1.29, 1.82) is 0 Å². The van der Waals surface area contributed by atoms with Crippen molar-refractivity contribution in [2.75, 3.05) is 23.7 Å². The van der Waals surface area contributed by atoms with E-state index in [-0.39, 0.29) is 12.5 Å². The number of ether oxygens (including phenoxy) is 1. The number of benzene rings is 3. The van der Waals surface area contributed by atoms with E-state index in [0.717, 1.165) is 28.0 Å². The van der Waals surface area contributed by atoms with Gasteiger partial charge in [-0.3, -0.25) is 9.10 Å². The van der Waals surface area contributed by atoms with Crippen LogP contribution in [-0.4, -0.2) is 33.7 Å². The van der Waals surface area contributed by atoms with Crippen LogP contribution in [0.4, 0.5) is 5.69 Å². The summed E-state index contributed by atoms with van der Waals surface area (Å²) in [7, 11) is -3.49. The normalized spacial score (nSPS) is 11.2. The van der Waals surface area contributed by atoms with Crippen LogP contribution in [0.25, 0.3) is 0 Å². The second kappa shape index (κ2) is 10.5. The van der Waals surface area contributed by atoms with Gasteiger partial charge in [0.2, 0.25) is 10.0 Å². The molecular formula is C26H30N2O4S. The maximum absolute atomic E-state index is 12.5. The highest BCUT2D eigenvalue weighted by Crippen LogP contribution is 2.22. The Morgan fingerprint density at radius 3 is 2.06 bits per heavy atom. The van der Waals surface area contributed by atoms with Gasteiger partial charge < -0.3 is 10.1 Å². The highest BCUT2D eigenvalue weighted by atomic mass is 32.2. The zero-order valence-corrected chi connectivity index (χ0v) is 20.3. The Balaban J connectivity index is 1.60. The summed E-state index contributed by atoms with van der Waals surface area (Å²) < 4.78 is 31.8. The monoisotopic (exact) mass is 466 g/mol. The largest absolute Gasteiger partial charge is 0.492 e. The molecule has 0 bridgehead atoms. The summed E-state index contributed by atoms with van der Waals surface area (Å²) in [6.45, 7) is 6.94. The molecule has 0 aromatic heterocycles. The summed E-state index contributed by atoms with van der Waals surface area (Å²) in [5, 5.41) is 2.83. The van der Waals surface area contributed by atoms with E-state index in [2.05, 4.69) is 11.4 Å². The Labute approximate surface area is 196 Å². The molecule has 3 rings (SSSR count). The van der Waals surface area contributed by atoms with Gasteiger partial charge in [-0.1, -0.05) is 35.9 Å². The van der Waals surface area contributed by atoms with E-state index in [9.17, 15) is 13.2 Å². The fourth-order valence-electron chi connectivity index (χ4n) is 3.49. The van der Waals surface area contributed by atoms with E-state index < -0.39 is 10.0 Å². The fraction of sp³-hybridized carbons (Fsp3) is 0.269. The van der Waals surface area contributed by atoms with Gasteiger partial charge in [-0.15, -0.1) is 0 Å². The van der Waals surface area contributed by atoms with E-state index in [1.54, 1.807) is 24.3 Å². The number of anilines is 1. The van der Waals surface area contributed by atoms with Crippen LogP contribution in [0.15, 0.2) is 66.7 Å². The molecule has 0 radical (unpaired) electrons. The fourth-order valence-corrected chi connectivity index (χ4v) is 4.38. The molecule has 6 nitrogen and oxygen atoms in total. The van der Waals surface area contributed by atoms with Crippen LogP contribution in [0.5, 0.6) is 5.75 Å². The van der Waals surface area contributed by atoms with E-state index >= 15 is 0 Å². The number of rotatable bonds is 9. The molecule has 0 spiro atoms. The van der Waals surface area contributed by atoms with Crippen molar-refractivity contribution >= 4 is 21.6 Å². The smallest absolute Gasteiger partial charge is 0.251 e. The minimum Gasteiger partial charge on any atom is -0.492 e. The van der Waals surface area contributed by atoms with Crippen molar-refractivity contribution in [3.63, 3.8) is 0 Å². The lowest BCUT2D eigenvalue weighted by atomic mass is 10.1. The number of carbonyl (C=O) groups excluding carboxylic acids is 1. The quantitative estimate of drug-likeness (QED) is 0.475. The third kappa shape index (κ3) is 7.08. The highest BCUT2D eigenvalue weighted by Gasteiger charge is 2.18. The Morgan fingerprint density at radius 1 is 0.879 bits per heavy atom. The lowest BCUT2D eigenvalue weighted by molar-refractivity contribution is 0.0947. The third-order valence-electron chi connectivity index (χ3n) is 5.12. The zero-order chi connectivity index (χ0) is 24.0. The molecule has 0 fully saturated rings. The maximum atomic E-state index is 12.5. The van der Waals surface area contributed by atoms with Crippen molar-refractivity contribution in [3.8, 4) is 5.75 Å². The summed E-state index contributed by atoms with van der Waals surface area (Å²) in [5.74, 6) is 0.538. The summed E-state index contributed by atoms with van der Waals surface area (Å²) in [5.41, 5.74) is 5.21. The number of amides is 1. The van der Waals surface area contributed by atoms with Crippen molar-refractivity contribution in [2.24, 2.45) is 0 Å². The Kier molecular flexibility index (Phi) is 7.76. The number of nitrogens with one attached hydrogen (secondary N) is 1. The van der Waals surface area contributed by atoms with Crippen LogP contribution in [0, 0.1) is 20.8 Å². The van der Waals surface area contributed by atoms with Crippen LogP contribution >= 0.6 is 0 Å². The molecule has 3 aromatic carbocycles. The van der Waals surface area contributed by atoms with Gasteiger partial charge in [0.15, 0.2) is 0 Å². The first kappa shape index (κ1) is 24.3. The van der Waals surface area contributed by atoms with E-state index in [4.69, 9.17) is 4.74 Å². The molecule has 0 unspecified atom stereocenters. The predicted molar refractivity (Wildman–Crippen MR) is 132 cm³/mol. The number of hydrogen-bond acceptors (Lipinski definition) is 4.